The van der Waals surface area contributed by atoms with Gasteiger partial charge in [0.15, 0.2) is 0 Å². The number of ether oxygens (including phenoxy) is 1. The summed E-state index contributed by atoms with van der Waals surface area (Å²) in [6.45, 7) is 3.49. The molecule has 4 nitrogen and oxygen atoms in total. The molecule has 128 valence electrons. The number of aryl methyl sites for hydroxylation is 1. The second-order valence-electron chi connectivity index (χ2n) is 6.51. The molecule has 4 rings (SSSR count). The zero-order valence-electron chi connectivity index (χ0n) is 13.8. The maximum atomic E-state index is 14.5. The predicted octanol–water partition coefficient (Wildman–Crippen LogP) is 3.42. The molecule has 1 aromatic carbocycles. The summed E-state index contributed by atoms with van der Waals surface area (Å²) in [4.78, 5) is 2.05. The highest BCUT2D eigenvalue weighted by Gasteiger charge is 2.22. The molecule has 2 aliphatic rings. The van der Waals surface area contributed by atoms with Gasteiger partial charge in [-0.3, -0.25) is 0 Å². The van der Waals surface area contributed by atoms with Gasteiger partial charge in [0.2, 0.25) is 0 Å². The predicted molar refractivity (Wildman–Crippen MR) is 90.7 cm³/mol. The van der Waals surface area contributed by atoms with Crippen molar-refractivity contribution >= 4 is 5.69 Å². The Morgan fingerprint density at radius 1 is 1.21 bits per heavy atom. The van der Waals surface area contributed by atoms with Crippen molar-refractivity contribution in [2.75, 3.05) is 31.2 Å². The van der Waals surface area contributed by atoms with Crippen LogP contribution in [0, 0.1) is 5.82 Å². The first-order valence-electron chi connectivity index (χ1n) is 8.72. The number of halogens is 1. The molecular weight excluding hydrogens is 307 g/mol. The van der Waals surface area contributed by atoms with E-state index < -0.39 is 0 Å². The number of hydrogen-bond acceptors (Lipinski definition) is 4. The average molecular weight is 330 g/mol. The molecule has 24 heavy (non-hydrogen) atoms. The first-order valence-corrected chi connectivity index (χ1v) is 8.72. The molecule has 1 aliphatic carbocycles. The summed E-state index contributed by atoms with van der Waals surface area (Å²) in [5, 5.41) is 3.55. The number of morpholine rings is 1. The molecule has 0 unspecified atom stereocenters. The molecule has 0 amide bonds. The normalized spacial score (nSPS) is 20.9. The lowest BCUT2D eigenvalue weighted by atomic mass is 9.93. The zero-order valence-corrected chi connectivity index (χ0v) is 13.8. The number of benzene rings is 1. The van der Waals surface area contributed by atoms with Crippen LogP contribution in [-0.4, -0.2) is 26.3 Å². The molecule has 0 spiro atoms. The van der Waals surface area contributed by atoms with Gasteiger partial charge in [-0.1, -0.05) is 6.07 Å². The van der Waals surface area contributed by atoms with Gasteiger partial charge in [0.1, 0.15) is 11.6 Å². The van der Waals surface area contributed by atoms with E-state index in [9.17, 15) is 4.39 Å². The smallest absolute Gasteiger partial charge is 0.146 e. The number of fused-ring (bicyclic) bond motifs is 1. The standard InChI is InChI=1S/C19H23FN2O2/c20-16-12-14(4-5-18(16)22-7-10-23-11-8-22)13-21-17-2-1-3-19-15(17)6-9-24-19/h4-6,9,12,17,21H,1-3,7-8,10-11,13H2/t17-/m0/s1. The van der Waals surface area contributed by atoms with Gasteiger partial charge in [-0.15, -0.1) is 0 Å². The third-order valence-electron chi connectivity index (χ3n) is 4.97. The van der Waals surface area contributed by atoms with Gasteiger partial charge in [-0.2, -0.15) is 0 Å². The minimum atomic E-state index is -0.149. The highest BCUT2D eigenvalue weighted by Crippen LogP contribution is 2.31. The lowest BCUT2D eigenvalue weighted by Crippen LogP contribution is -2.36. The fraction of sp³-hybridized carbons (Fsp3) is 0.474. The zero-order chi connectivity index (χ0) is 16.4. The summed E-state index contributed by atoms with van der Waals surface area (Å²) in [6.07, 6.45) is 5.01. The molecule has 2 aromatic rings. The topological polar surface area (TPSA) is 37.6 Å². The monoisotopic (exact) mass is 330 g/mol. The fourth-order valence-electron chi connectivity index (χ4n) is 3.66. The largest absolute Gasteiger partial charge is 0.469 e. The van der Waals surface area contributed by atoms with E-state index in [0.29, 0.717) is 31.5 Å². The Bertz CT molecular complexity index is 694. The summed E-state index contributed by atoms with van der Waals surface area (Å²) < 4.78 is 25.3. The Morgan fingerprint density at radius 3 is 2.92 bits per heavy atom. The molecular formula is C19H23FN2O2. The Balaban J connectivity index is 1.42. The molecule has 2 heterocycles. The van der Waals surface area contributed by atoms with E-state index in [2.05, 4.69) is 10.2 Å². The van der Waals surface area contributed by atoms with E-state index >= 15 is 0 Å². The Labute approximate surface area is 141 Å². The summed E-state index contributed by atoms with van der Waals surface area (Å²) in [5.74, 6) is 0.941. The van der Waals surface area contributed by atoms with Crippen LogP contribution in [0.1, 0.15) is 35.8 Å². The summed E-state index contributed by atoms with van der Waals surface area (Å²) >= 11 is 0. The first-order chi connectivity index (χ1) is 11.8. The Morgan fingerprint density at radius 2 is 2.08 bits per heavy atom. The van der Waals surface area contributed by atoms with Crippen LogP contribution in [-0.2, 0) is 17.7 Å². The van der Waals surface area contributed by atoms with Crippen molar-refractivity contribution in [3.05, 3.63) is 53.2 Å². The Hall–Kier alpha value is -1.85. The van der Waals surface area contributed by atoms with Gasteiger partial charge in [-0.25, -0.2) is 4.39 Å². The third kappa shape index (κ3) is 3.19. The molecule has 0 bridgehead atoms. The van der Waals surface area contributed by atoms with E-state index in [0.717, 1.165) is 43.7 Å². The first kappa shape index (κ1) is 15.7. The molecule has 1 saturated heterocycles. The van der Waals surface area contributed by atoms with Crippen molar-refractivity contribution in [3.63, 3.8) is 0 Å². The van der Waals surface area contributed by atoms with Crippen LogP contribution >= 0.6 is 0 Å². The van der Waals surface area contributed by atoms with E-state index in [1.807, 2.05) is 18.2 Å². The molecule has 1 aliphatic heterocycles. The SMILES string of the molecule is Fc1cc(CN[C@H]2CCCc3occc32)ccc1N1CCOCC1. The number of hydrogen-bond donors (Lipinski definition) is 1. The lowest BCUT2D eigenvalue weighted by molar-refractivity contribution is 0.122. The molecule has 1 fully saturated rings. The van der Waals surface area contributed by atoms with E-state index in [-0.39, 0.29) is 5.82 Å². The van der Waals surface area contributed by atoms with Crippen LogP contribution in [0.4, 0.5) is 10.1 Å². The van der Waals surface area contributed by atoms with Crippen molar-refractivity contribution in [2.45, 2.75) is 31.8 Å². The highest BCUT2D eigenvalue weighted by molar-refractivity contribution is 5.49. The maximum absolute atomic E-state index is 14.5. The molecule has 0 saturated carbocycles. The highest BCUT2D eigenvalue weighted by atomic mass is 19.1. The van der Waals surface area contributed by atoms with Crippen LogP contribution in [0.3, 0.4) is 0 Å². The van der Waals surface area contributed by atoms with Crippen molar-refractivity contribution in [3.8, 4) is 0 Å². The molecule has 1 aromatic heterocycles. The van der Waals surface area contributed by atoms with Crippen molar-refractivity contribution in [1.29, 1.82) is 0 Å². The number of rotatable bonds is 4. The van der Waals surface area contributed by atoms with E-state index in [4.69, 9.17) is 9.15 Å². The maximum Gasteiger partial charge on any atom is 0.146 e. The van der Waals surface area contributed by atoms with Crippen LogP contribution in [0.2, 0.25) is 0 Å². The summed E-state index contributed by atoms with van der Waals surface area (Å²) in [5.41, 5.74) is 2.91. The van der Waals surface area contributed by atoms with Crippen LogP contribution in [0.25, 0.3) is 0 Å². The van der Waals surface area contributed by atoms with Gasteiger partial charge in [0.05, 0.1) is 25.2 Å². The minimum Gasteiger partial charge on any atom is -0.469 e. The number of anilines is 1. The van der Waals surface area contributed by atoms with Crippen LogP contribution in [0.5, 0.6) is 0 Å². The van der Waals surface area contributed by atoms with E-state index in [1.165, 1.54) is 5.56 Å². The van der Waals surface area contributed by atoms with Crippen molar-refractivity contribution in [2.24, 2.45) is 0 Å². The van der Waals surface area contributed by atoms with Gasteiger partial charge in [0.25, 0.3) is 0 Å². The minimum absolute atomic E-state index is 0.149. The van der Waals surface area contributed by atoms with Gasteiger partial charge in [-0.05, 0) is 36.6 Å². The summed E-state index contributed by atoms with van der Waals surface area (Å²) in [7, 11) is 0. The lowest BCUT2D eigenvalue weighted by Gasteiger charge is -2.29. The third-order valence-corrected chi connectivity index (χ3v) is 4.97. The van der Waals surface area contributed by atoms with Gasteiger partial charge < -0.3 is 19.4 Å². The molecule has 1 N–H and O–H groups in total. The van der Waals surface area contributed by atoms with Crippen LogP contribution < -0.4 is 10.2 Å². The second-order valence-corrected chi connectivity index (χ2v) is 6.51. The number of furan rings is 1. The molecule has 5 heteroatoms. The number of nitrogens with one attached hydrogen (secondary N) is 1. The Kier molecular flexibility index (Phi) is 4.54. The second kappa shape index (κ2) is 6.95. The van der Waals surface area contributed by atoms with E-state index in [1.54, 1.807) is 12.3 Å². The number of nitrogens with zero attached hydrogens (tertiary/aromatic N) is 1. The van der Waals surface area contributed by atoms with Crippen molar-refractivity contribution < 1.29 is 13.5 Å². The quantitative estimate of drug-likeness (QED) is 0.932. The van der Waals surface area contributed by atoms with Gasteiger partial charge >= 0.3 is 0 Å². The summed E-state index contributed by atoms with van der Waals surface area (Å²) in [6, 6.07) is 7.90. The molecule has 0 radical (unpaired) electrons. The average Bonchev–Trinajstić information content (AvgIpc) is 3.10. The fourth-order valence-corrected chi connectivity index (χ4v) is 3.66. The van der Waals surface area contributed by atoms with Crippen LogP contribution in [0.15, 0.2) is 34.9 Å². The van der Waals surface area contributed by atoms with Crippen molar-refractivity contribution in [1.82, 2.24) is 5.32 Å². The van der Waals surface area contributed by atoms with Gasteiger partial charge in [0, 0.05) is 37.7 Å². The molecule has 1 atom stereocenters.